The molecule has 0 aromatic heterocycles. The summed E-state index contributed by atoms with van der Waals surface area (Å²) in [5, 5.41) is 6.62. The topological polar surface area (TPSA) is 44.4 Å². The van der Waals surface area contributed by atoms with Crippen LogP contribution in [0.2, 0.25) is 0 Å². The molecule has 1 atom stereocenters. The molecule has 4 aliphatic rings. The van der Waals surface area contributed by atoms with Gasteiger partial charge in [-0.3, -0.25) is 4.79 Å². The Labute approximate surface area is 103 Å². The average molecular weight is 237 g/mol. The van der Waals surface area contributed by atoms with Crippen molar-refractivity contribution in [2.75, 3.05) is 32.7 Å². The third kappa shape index (κ3) is 2.80. The summed E-state index contributed by atoms with van der Waals surface area (Å²) in [7, 11) is 0. The molecular formula is C13H23N3O. The van der Waals surface area contributed by atoms with Gasteiger partial charge in [-0.05, 0) is 44.7 Å². The molecule has 17 heavy (non-hydrogen) atoms. The fourth-order valence-electron chi connectivity index (χ4n) is 3.13. The van der Waals surface area contributed by atoms with Crippen molar-refractivity contribution in [1.29, 1.82) is 0 Å². The molecule has 1 aliphatic carbocycles. The summed E-state index contributed by atoms with van der Waals surface area (Å²) >= 11 is 0. The van der Waals surface area contributed by atoms with Gasteiger partial charge in [-0.15, -0.1) is 0 Å². The lowest BCUT2D eigenvalue weighted by Gasteiger charge is -2.45. The van der Waals surface area contributed by atoms with Gasteiger partial charge in [-0.1, -0.05) is 0 Å². The molecule has 1 amide bonds. The second-order valence-corrected chi connectivity index (χ2v) is 5.76. The lowest BCUT2D eigenvalue weighted by atomic mass is 9.84. The number of hydrogen-bond donors (Lipinski definition) is 2. The van der Waals surface area contributed by atoms with Gasteiger partial charge in [0.15, 0.2) is 0 Å². The number of nitrogens with zero attached hydrogens (tertiary/aromatic N) is 1. The zero-order chi connectivity index (χ0) is 11.7. The number of fused-ring (bicyclic) bond motifs is 3. The molecule has 0 aromatic rings. The molecule has 0 spiro atoms. The largest absolute Gasteiger partial charge is 0.355 e. The number of carbonyl (C=O) groups excluding carboxylic acids is 1. The predicted molar refractivity (Wildman–Crippen MR) is 66.7 cm³/mol. The van der Waals surface area contributed by atoms with Gasteiger partial charge in [0.05, 0.1) is 0 Å². The molecule has 0 aromatic carbocycles. The van der Waals surface area contributed by atoms with Crippen LogP contribution in [0.5, 0.6) is 0 Å². The molecule has 1 saturated carbocycles. The van der Waals surface area contributed by atoms with E-state index in [9.17, 15) is 4.79 Å². The second-order valence-electron chi connectivity index (χ2n) is 5.76. The Kier molecular flexibility index (Phi) is 3.34. The maximum absolute atomic E-state index is 11.4. The monoisotopic (exact) mass is 237 g/mol. The zero-order valence-corrected chi connectivity index (χ0v) is 10.5. The first-order chi connectivity index (χ1) is 8.33. The molecule has 96 valence electrons. The molecule has 2 bridgehead atoms. The van der Waals surface area contributed by atoms with Crippen LogP contribution in [0.25, 0.3) is 0 Å². The molecule has 3 aliphatic heterocycles. The highest BCUT2D eigenvalue weighted by molar-refractivity contribution is 5.80. The summed E-state index contributed by atoms with van der Waals surface area (Å²) < 4.78 is 0. The Hall–Kier alpha value is -0.610. The number of amides is 1. The van der Waals surface area contributed by atoms with Crippen LogP contribution in [0.1, 0.15) is 25.7 Å². The van der Waals surface area contributed by atoms with Crippen molar-refractivity contribution >= 4 is 5.91 Å². The summed E-state index contributed by atoms with van der Waals surface area (Å²) in [6.45, 7) is 5.51. The van der Waals surface area contributed by atoms with Crippen molar-refractivity contribution in [2.24, 2.45) is 11.8 Å². The molecule has 4 heteroatoms. The Morgan fingerprint density at radius 3 is 2.47 bits per heavy atom. The molecule has 4 fully saturated rings. The van der Waals surface area contributed by atoms with Crippen molar-refractivity contribution in [2.45, 2.75) is 31.7 Å². The van der Waals surface area contributed by atoms with Gasteiger partial charge in [0.25, 0.3) is 0 Å². The van der Waals surface area contributed by atoms with Crippen molar-refractivity contribution < 1.29 is 4.79 Å². The Bertz CT molecular complexity index is 282. The van der Waals surface area contributed by atoms with E-state index in [4.69, 9.17) is 0 Å². The summed E-state index contributed by atoms with van der Waals surface area (Å²) in [6.07, 6.45) is 4.90. The lowest BCUT2D eigenvalue weighted by molar-refractivity contribution is -0.122. The minimum Gasteiger partial charge on any atom is -0.355 e. The van der Waals surface area contributed by atoms with Crippen LogP contribution >= 0.6 is 0 Å². The number of rotatable bonds is 5. The van der Waals surface area contributed by atoms with Crippen molar-refractivity contribution in [3.63, 3.8) is 0 Å². The third-order valence-electron chi connectivity index (χ3n) is 4.44. The fraction of sp³-hybridized carbons (Fsp3) is 0.923. The maximum Gasteiger partial charge on any atom is 0.223 e. The Balaban J connectivity index is 1.32. The quantitative estimate of drug-likeness (QED) is 0.671. The third-order valence-corrected chi connectivity index (χ3v) is 4.44. The summed E-state index contributed by atoms with van der Waals surface area (Å²) in [6, 6.07) is 0.662. The number of nitrogens with one attached hydrogen (secondary N) is 2. The molecular weight excluding hydrogens is 214 g/mol. The molecule has 4 nitrogen and oxygen atoms in total. The van der Waals surface area contributed by atoms with E-state index in [1.807, 2.05) is 0 Å². The van der Waals surface area contributed by atoms with Crippen LogP contribution < -0.4 is 10.6 Å². The van der Waals surface area contributed by atoms with Crippen molar-refractivity contribution in [3.05, 3.63) is 0 Å². The maximum atomic E-state index is 11.4. The van der Waals surface area contributed by atoms with E-state index >= 15 is 0 Å². The molecule has 0 radical (unpaired) electrons. The van der Waals surface area contributed by atoms with Crippen LogP contribution in [0, 0.1) is 11.8 Å². The Morgan fingerprint density at radius 1 is 1.12 bits per heavy atom. The normalized spacial score (nSPS) is 35.9. The van der Waals surface area contributed by atoms with Gasteiger partial charge in [0.2, 0.25) is 5.91 Å². The molecule has 4 rings (SSSR count). The summed E-state index contributed by atoms with van der Waals surface area (Å²) in [4.78, 5) is 14.0. The van der Waals surface area contributed by atoms with E-state index in [2.05, 4.69) is 15.5 Å². The van der Waals surface area contributed by atoms with Crippen LogP contribution in [-0.4, -0.2) is 49.6 Å². The summed E-state index contributed by atoms with van der Waals surface area (Å²) in [5.74, 6) is 1.48. The highest BCUT2D eigenvalue weighted by Crippen LogP contribution is 2.28. The predicted octanol–water partition coefficient (Wildman–Crippen LogP) is 0.196. The lowest BCUT2D eigenvalue weighted by Crippen LogP contribution is -2.56. The van der Waals surface area contributed by atoms with E-state index < -0.39 is 0 Å². The van der Waals surface area contributed by atoms with Crippen molar-refractivity contribution in [1.82, 2.24) is 15.5 Å². The van der Waals surface area contributed by atoms with Gasteiger partial charge in [-0.25, -0.2) is 0 Å². The summed E-state index contributed by atoms with van der Waals surface area (Å²) in [5.41, 5.74) is 0. The van der Waals surface area contributed by atoms with Crippen LogP contribution in [0.15, 0.2) is 0 Å². The highest BCUT2D eigenvalue weighted by atomic mass is 16.2. The van der Waals surface area contributed by atoms with Crippen molar-refractivity contribution in [3.8, 4) is 0 Å². The smallest absolute Gasteiger partial charge is 0.223 e. The number of hydrogen-bond acceptors (Lipinski definition) is 3. The zero-order valence-electron chi connectivity index (χ0n) is 10.5. The van der Waals surface area contributed by atoms with E-state index in [-0.39, 0.29) is 5.91 Å². The van der Waals surface area contributed by atoms with Crippen LogP contribution in [0.4, 0.5) is 0 Å². The van der Waals surface area contributed by atoms with E-state index in [1.54, 1.807) is 0 Å². The SMILES string of the molecule is O=C(NCCNC1CN2CCC1CC2)C1CC1. The van der Waals surface area contributed by atoms with E-state index in [1.165, 1.54) is 32.5 Å². The number of carbonyl (C=O) groups is 1. The van der Waals surface area contributed by atoms with Gasteiger partial charge in [0.1, 0.15) is 0 Å². The highest BCUT2D eigenvalue weighted by Gasteiger charge is 2.33. The standard InChI is InChI=1S/C13H23N3O/c17-13(11-1-2-11)15-6-5-14-12-9-16-7-3-10(12)4-8-16/h10-12,14H,1-9H2,(H,15,17). The Morgan fingerprint density at radius 2 is 1.88 bits per heavy atom. The molecule has 3 heterocycles. The van der Waals surface area contributed by atoms with Gasteiger partial charge in [-0.2, -0.15) is 0 Å². The van der Waals surface area contributed by atoms with Gasteiger partial charge >= 0.3 is 0 Å². The van der Waals surface area contributed by atoms with Gasteiger partial charge < -0.3 is 15.5 Å². The minimum absolute atomic E-state index is 0.265. The van der Waals surface area contributed by atoms with E-state index in [0.29, 0.717) is 12.0 Å². The van der Waals surface area contributed by atoms with Gasteiger partial charge in [0, 0.05) is 31.6 Å². The molecule has 2 N–H and O–H groups in total. The molecule has 3 saturated heterocycles. The fourth-order valence-corrected chi connectivity index (χ4v) is 3.13. The first-order valence-electron chi connectivity index (χ1n) is 7.06. The first-order valence-corrected chi connectivity index (χ1v) is 7.06. The number of piperidine rings is 3. The minimum atomic E-state index is 0.265. The van der Waals surface area contributed by atoms with E-state index in [0.717, 1.165) is 31.8 Å². The molecule has 1 unspecified atom stereocenters. The average Bonchev–Trinajstić information content (AvgIpc) is 3.20. The first kappa shape index (κ1) is 11.5. The van der Waals surface area contributed by atoms with Crippen LogP contribution in [0.3, 0.4) is 0 Å². The van der Waals surface area contributed by atoms with Crippen LogP contribution in [-0.2, 0) is 4.79 Å². The second kappa shape index (κ2) is 4.94.